The third-order valence-corrected chi connectivity index (χ3v) is 3.88. The molecule has 1 fully saturated rings. The maximum absolute atomic E-state index is 11.4. The van der Waals surface area contributed by atoms with Crippen LogP contribution in [0.5, 0.6) is 11.5 Å². The number of aliphatic carboxylic acids is 1. The van der Waals surface area contributed by atoms with E-state index in [-0.39, 0.29) is 12.2 Å². The van der Waals surface area contributed by atoms with Gasteiger partial charge in [0.25, 0.3) is 0 Å². The minimum absolute atomic E-state index is 0.238. The lowest BCUT2D eigenvalue weighted by atomic mass is 9.99. The van der Waals surface area contributed by atoms with Crippen molar-refractivity contribution in [1.29, 1.82) is 0 Å². The summed E-state index contributed by atoms with van der Waals surface area (Å²) in [4.78, 5) is 11.4. The average Bonchev–Trinajstić information content (AvgIpc) is 2.57. The van der Waals surface area contributed by atoms with Crippen LogP contribution in [-0.4, -0.2) is 85.1 Å². The van der Waals surface area contributed by atoms with Gasteiger partial charge in [0, 0.05) is 6.42 Å². The van der Waals surface area contributed by atoms with Crippen molar-refractivity contribution >= 4 is 5.97 Å². The van der Waals surface area contributed by atoms with Crippen LogP contribution in [0.2, 0.25) is 0 Å². The second-order valence-corrected chi connectivity index (χ2v) is 5.69. The topological polar surface area (TPSA) is 177 Å². The van der Waals surface area contributed by atoms with Crippen LogP contribution in [-0.2, 0) is 20.7 Å². The SMILES string of the molecule is O=C(O)[C@H](Cc1ccc(O)c(O)c1)O[C@H]1O[C@H](CO)[C@@H](O)[C@H](O)[C@H]1O. The van der Waals surface area contributed by atoms with E-state index in [9.17, 15) is 35.4 Å². The van der Waals surface area contributed by atoms with E-state index in [1.807, 2.05) is 0 Å². The minimum atomic E-state index is -1.73. The summed E-state index contributed by atoms with van der Waals surface area (Å²) in [6.45, 7) is -0.672. The van der Waals surface area contributed by atoms with E-state index in [1.54, 1.807) is 0 Å². The second-order valence-electron chi connectivity index (χ2n) is 5.69. The van der Waals surface area contributed by atoms with Crippen molar-refractivity contribution in [3.8, 4) is 11.5 Å². The molecule has 6 atom stereocenters. The maximum atomic E-state index is 11.4. The smallest absolute Gasteiger partial charge is 0.333 e. The van der Waals surface area contributed by atoms with Gasteiger partial charge < -0.3 is 45.2 Å². The summed E-state index contributed by atoms with van der Waals surface area (Å²) in [5.74, 6) is -2.20. The predicted molar refractivity (Wildman–Crippen MR) is 79.8 cm³/mol. The summed E-state index contributed by atoms with van der Waals surface area (Å²) in [6.07, 6.45) is -9.59. The fourth-order valence-corrected chi connectivity index (χ4v) is 2.45. The van der Waals surface area contributed by atoms with Gasteiger partial charge >= 0.3 is 5.97 Å². The number of benzene rings is 1. The van der Waals surface area contributed by atoms with E-state index < -0.39 is 55.1 Å². The fourth-order valence-electron chi connectivity index (χ4n) is 2.45. The molecule has 0 saturated carbocycles. The Hall–Kier alpha value is -1.95. The Labute approximate surface area is 142 Å². The maximum Gasteiger partial charge on any atom is 0.333 e. The van der Waals surface area contributed by atoms with Crippen LogP contribution in [0.4, 0.5) is 0 Å². The number of phenols is 2. The van der Waals surface area contributed by atoms with Crippen LogP contribution < -0.4 is 0 Å². The first-order chi connectivity index (χ1) is 11.7. The Bertz CT molecular complexity index is 604. The Morgan fingerprint density at radius 3 is 2.36 bits per heavy atom. The number of rotatable bonds is 6. The van der Waals surface area contributed by atoms with Gasteiger partial charge in [0.15, 0.2) is 23.9 Å². The van der Waals surface area contributed by atoms with Crippen molar-refractivity contribution in [1.82, 2.24) is 0 Å². The molecule has 1 aromatic rings. The molecule has 0 aromatic heterocycles. The molecule has 140 valence electrons. The summed E-state index contributed by atoms with van der Waals surface area (Å²) in [6, 6.07) is 3.71. The molecule has 0 bridgehead atoms. The largest absolute Gasteiger partial charge is 0.504 e. The van der Waals surface area contributed by atoms with Crippen LogP contribution >= 0.6 is 0 Å². The lowest BCUT2D eigenvalue weighted by Gasteiger charge is -2.40. The van der Waals surface area contributed by atoms with Gasteiger partial charge in [-0.25, -0.2) is 4.79 Å². The van der Waals surface area contributed by atoms with E-state index in [1.165, 1.54) is 12.1 Å². The van der Waals surface area contributed by atoms with Crippen molar-refractivity contribution in [2.75, 3.05) is 6.61 Å². The van der Waals surface area contributed by atoms with E-state index in [2.05, 4.69) is 0 Å². The standard InChI is InChI=1S/C15H20O10/c16-5-10-11(19)12(20)13(21)15(25-10)24-9(14(22)23)4-6-1-2-7(17)8(18)3-6/h1-3,9-13,15-21H,4-5H2,(H,22,23)/t9-,10+,11+,12-,13+,15-/m0/s1. The number of carboxylic acid groups (broad SMARTS) is 1. The molecule has 1 saturated heterocycles. The average molecular weight is 360 g/mol. The van der Waals surface area contributed by atoms with E-state index in [0.29, 0.717) is 5.56 Å². The normalized spacial score (nSPS) is 30.8. The zero-order chi connectivity index (χ0) is 18.7. The van der Waals surface area contributed by atoms with Crippen molar-refractivity contribution in [2.45, 2.75) is 43.2 Å². The Morgan fingerprint density at radius 1 is 1.12 bits per heavy atom. The number of phenolic OH excluding ortho intramolecular Hbond substituents is 2. The molecule has 1 aromatic carbocycles. The van der Waals surface area contributed by atoms with Gasteiger partial charge in [0.2, 0.25) is 0 Å². The summed E-state index contributed by atoms with van der Waals surface area (Å²) in [7, 11) is 0. The predicted octanol–water partition coefficient (Wildman–Crippen LogP) is -2.09. The first-order valence-electron chi connectivity index (χ1n) is 7.44. The number of aliphatic hydroxyl groups excluding tert-OH is 4. The Kier molecular flexibility index (Phi) is 6.16. The molecular weight excluding hydrogens is 340 g/mol. The van der Waals surface area contributed by atoms with Crippen molar-refractivity contribution < 1.29 is 50.0 Å². The van der Waals surface area contributed by atoms with Gasteiger partial charge in [-0.15, -0.1) is 0 Å². The minimum Gasteiger partial charge on any atom is -0.504 e. The molecule has 1 heterocycles. The Morgan fingerprint density at radius 2 is 1.80 bits per heavy atom. The number of carbonyl (C=O) groups is 1. The number of carboxylic acids is 1. The molecule has 10 nitrogen and oxygen atoms in total. The highest BCUT2D eigenvalue weighted by atomic mass is 16.7. The number of aliphatic hydroxyl groups is 4. The zero-order valence-electron chi connectivity index (χ0n) is 13.0. The molecule has 10 heteroatoms. The second kappa shape index (κ2) is 7.95. The van der Waals surface area contributed by atoms with Gasteiger partial charge in [0.1, 0.15) is 24.4 Å². The first-order valence-corrected chi connectivity index (χ1v) is 7.44. The monoisotopic (exact) mass is 360 g/mol. The highest BCUT2D eigenvalue weighted by Gasteiger charge is 2.45. The van der Waals surface area contributed by atoms with Crippen molar-refractivity contribution in [3.63, 3.8) is 0 Å². The molecular formula is C15H20O10. The fraction of sp³-hybridized carbons (Fsp3) is 0.533. The zero-order valence-corrected chi connectivity index (χ0v) is 13.0. The van der Waals surface area contributed by atoms with E-state index >= 15 is 0 Å². The number of ether oxygens (including phenoxy) is 2. The molecule has 0 unspecified atom stereocenters. The van der Waals surface area contributed by atoms with Crippen LogP contribution in [0.15, 0.2) is 18.2 Å². The summed E-state index contributed by atoms with van der Waals surface area (Å²) < 4.78 is 10.3. The number of aromatic hydroxyl groups is 2. The third kappa shape index (κ3) is 4.37. The number of hydrogen-bond donors (Lipinski definition) is 7. The van der Waals surface area contributed by atoms with Gasteiger partial charge in [-0.3, -0.25) is 0 Å². The molecule has 25 heavy (non-hydrogen) atoms. The van der Waals surface area contributed by atoms with Gasteiger partial charge in [-0.1, -0.05) is 6.07 Å². The van der Waals surface area contributed by atoms with Crippen molar-refractivity contribution in [3.05, 3.63) is 23.8 Å². The molecule has 1 aliphatic heterocycles. The number of hydrogen-bond acceptors (Lipinski definition) is 9. The van der Waals surface area contributed by atoms with Crippen LogP contribution in [0.1, 0.15) is 5.56 Å². The lowest BCUT2D eigenvalue weighted by Crippen LogP contribution is -2.60. The molecule has 0 radical (unpaired) electrons. The van der Waals surface area contributed by atoms with Gasteiger partial charge in [0.05, 0.1) is 6.61 Å². The highest BCUT2D eigenvalue weighted by Crippen LogP contribution is 2.27. The van der Waals surface area contributed by atoms with Gasteiger partial charge in [-0.05, 0) is 17.7 Å². The Balaban J connectivity index is 2.12. The summed E-state index contributed by atoms with van der Waals surface area (Å²) in [5, 5.41) is 66.4. The summed E-state index contributed by atoms with van der Waals surface area (Å²) >= 11 is 0. The molecule has 2 rings (SSSR count). The molecule has 0 spiro atoms. The molecule has 1 aliphatic rings. The van der Waals surface area contributed by atoms with Crippen LogP contribution in [0, 0.1) is 0 Å². The molecule has 7 N–H and O–H groups in total. The third-order valence-electron chi connectivity index (χ3n) is 3.88. The van der Waals surface area contributed by atoms with Crippen LogP contribution in [0.25, 0.3) is 0 Å². The van der Waals surface area contributed by atoms with Crippen molar-refractivity contribution in [2.24, 2.45) is 0 Å². The van der Waals surface area contributed by atoms with Crippen LogP contribution in [0.3, 0.4) is 0 Å². The quantitative estimate of drug-likeness (QED) is 0.278. The molecule has 0 aliphatic carbocycles. The first kappa shape index (κ1) is 19.4. The molecule has 0 amide bonds. The van der Waals surface area contributed by atoms with Gasteiger partial charge in [-0.2, -0.15) is 0 Å². The summed E-state index contributed by atoms with van der Waals surface area (Å²) in [5.41, 5.74) is 0.326. The van der Waals surface area contributed by atoms with E-state index in [0.717, 1.165) is 6.07 Å². The highest BCUT2D eigenvalue weighted by molar-refractivity contribution is 5.72. The van der Waals surface area contributed by atoms with E-state index in [4.69, 9.17) is 14.6 Å². The lowest BCUT2D eigenvalue weighted by molar-refractivity contribution is -0.309.